The first-order valence-corrected chi connectivity index (χ1v) is 7.19. The lowest BCUT2D eigenvalue weighted by Crippen LogP contribution is -2.41. The highest BCUT2D eigenvalue weighted by molar-refractivity contribution is 6.08. The number of aliphatic imine (C=N–C) groups is 1. The van der Waals surface area contributed by atoms with E-state index in [9.17, 15) is 9.18 Å². The number of hydrogen-bond donors (Lipinski definition) is 1. The summed E-state index contributed by atoms with van der Waals surface area (Å²) in [6.07, 6.45) is 1.63. The topological polar surface area (TPSA) is 71.6 Å². The fraction of sp³-hybridized carbons (Fsp3) is 0.235. The maximum atomic E-state index is 13.7. The predicted octanol–water partition coefficient (Wildman–Crippen LogP) is 1.87. The third-order valence-electron chi connectivity index (χ3n) is 4.13. The zero-order valence-corrected chi connectivity index (χ0v) is 13.2. The van der Waals surface area contributed by atoms with E-state index in [1.165, 1.54) is 11.0 Å². The third-order valence-corrected chi connectivity index (χ3v) is 4.13. The first kappa shape index (κ1) is 15.1. The Balaban J connectivity index is 2.31. The molecular formula is C17H17FN4O. The molecule has 118 valence electrons. The number of rotatable bonds is 2. The molecule has 3 rings (SSSR count). The van der Waals surface area contributed by atoms with Gasteiger partial charge in [-0.3, -0.25) is 14.7 Å². The van der Waals surface area contributed by atoms with Gasteiger partial charge in [0.2, 0.25) is 0 Å². The number of guanidine groups is 1. The summed E-state index contributed by atoms with van der Waals surface area (Å²) in [5, 5.41) is 0. The van der Waals surface area contributed by atoms with Crippen molar-refractivity contribution in [1.82, 2.24) is 9.88 Å². The molecule has 6 heteroatoms. The molecular weight excluding hydrogens is 295 g/mol. The Morgan fingerprint density at radius 1 is 1.17 bits per heavy atom. The van der Waals surface area contributed by atoms with Crippen LogP contribution in [0.25, 0.3) is 0 Å². The summed E-state index contributed by atoms with van der Waals surface area (Å²) < 4.78 is 13.7. The van der Waals surface area contributed by atoms with Gasteiger partial charge in [0.1, 0.15) is 5.82 Å². The van der Waals surface area contributed by atoms with Crippen LogP contribution in [0.1, 0.15) is 22.4 Å². The summed E-state index contributed by atoms with van der Waals surface area (Å²) in [5.41, 5.74) is 7.04. The van der Waals surface area contributed by atoms with Crippen molar-refractivity contribution in [2.75, 3.05) is 7.05 Å². The van der Waals surface area contributed by atoms with Crippen LogP contribution in [0.15, 0.2) is 41.5 Å². The van der Waals surface area contributed by atoms with Crippen LogP contribution in [0.4, 0.5) is 4.39 Å². The summed E-state index contributed by atoms with van der Waals surface area (Å²) >= 11 is 0. The molecule has 0 radical (unpaired) electrons. The first-order chi connectivity index (χ1) is 10.9. The molecule has 1 aliphatic rings. The van der Waals surface area contributed by atoms with Gasteiger partial charge in [-0.05, 0) is 54.8 Å². The number of halogens is 1. The molecule has 1 amide bonds. The zero-order valence-electron chi connectivity index (χ0n) is 13.2. The Hall–Kier alpha value is -2.76. The van der Waals surface area contributed by atoms with Gasteiger partial charge in [-0.2, -0.15) is 0 Å². The average molecular weight is 312 g/mol. The predicted molar refractivity (Wildman–Crippen MR) is 85.3 cm³/mol. The Kier molecular flexibility index (Phi) is 3.39. The molecule has 1 aromatic heterocycles. The van der Waals surface area contributed by atoms with Crippen molar-refractivity contribution >= 4 is 11.9 Å². The highest BCUT2D eigenvalue weighted by Crippen LogP contribution is 2.39. The SMILES string of the molecule is Cc1cc(C2(c3ccc(F)c(C)c3)N=C(N)N(C)C2=O)ccn1. The number of aryl methyl sites for hydroxylation is 2. The quantitative estimate of drug-likeness (QED) is 0.920. The van der Waals surface area contributed by atoms with Crippen molar-refractivity contribution in [3.05, 3.63) is 64.7 Å². The van der Waals surface area contributed by atoms with E-state index in [1.54, 1.807) is 44.4 Å². The van der Waals surface area contributed by atoms with E-state index >= 15 is 0 Å². The molecule has 2 heterocycles. The van der Waals surface area contributed by atoms with Gasteiger partial charge >= 0.3 is 0 Å². The van der Waals surface area contributed by atoms with Crippen LogP contribution in [-0.2, 0) is 10.3 Å². The van der Waals surface area contributed by atoms with E-state index in [0.717, 1.165) is 5.69 Å². The molecule has 5 nitrogen and oxygen atoms in total. The number of benzene rings is 1. The third kappa shape index (κ3) is 2.18. The molecule has 0 spiro atoms. The lowest BCUT2D eigenvalue weighted by molar-refractivity contribution is -0.129. The van der Waals surface area contributed by atoms with E-state index in [-0.39, 0.29) is 17.7 Å². The van der Waals surface area contributed by atoms with Gasteiger partial charge in [0.25, 0.3) is 5.91 Å². The standard InChI is InChI=1S/C17H17FN4O/c1-10-8-12(4-5-14(10)18)17(13-6-7-20-11(2)9-13)15(23)22(3)16(19)21-17/h4-9H,1-3H3,(H2,19,21). The Morgan fingerprint density at radius 3 is 2.43 bits per heavy atom. The van der Waals surface area contributed by atoms with Crippen LogP contribution < -0.4 is 5.73 Å². The molecule has 0 saturated heterocycles. The Labute approximate surface area is 133 Å². The summed E-state index contributed by atoms with van der Waals surface area (Å²) in [7, 11) is 1.58. The van der Waals surface area contributed by atoms with Crippen LogP contribution in [0, 0.1) is 19.7 Å². The first-order valence-electron chi connectivity index (χ1n) is 7.19. The average Bonchev–Trinajstić information content (AvgIpc) is 2.75. The van der Waals surface area contributed by atoms with Crippen molar-refractivity contribution in [2.45, 2.75) is 19.4 Å². The summed E-state index contributed by atoms with van der Waals surface area (Å²) in [4.78, 5) is 22.9. The van der Waals surface area contributed by atoms with Gasteiger partial charge in [0.15, 0.2) is 11.5 Å². The normalized spacial score (nSPS) is 20.8. The van der Waals surface area contributed by atoms with Crippen molar-refractivity contribution in [3.63, 3.8) is 0 Å². The number of nitrogens with two attached hydrogens (primary N) is 1. The summed E-state index contributed by atoms with van der Waals surface area (Å²) in [6.45, 7) is 3.49. The van der Waals surface area contributed by atoms with Gasteiger partial charge in [-0.1, -0.05) is 6.07 Å². The number of hydrogen-bond acceptors (Lipinski definition) is 4. The highest BCUT2D eigenvalue weighted by atomic mass is 19.1. The van der Waals surface area contributed by atoms with E-state index in [2.05, 4.69) is 9.98 Å². The largest absolute Gasteiger partial charge is 0.369 e. The van der Waals surface area contributed by atoms with Crippen LogP contribution >= 0.6 is 0 Å². The van der Waals surface area contributed by atoms with Gasteiger partial charge in [-0.25, -0.2) is 9.38 Å². The molecule has 1 aromatic carbocycles. The van der Waals surface area contributed by atoms with Gasteiger partial charge in [-0.15, -0.1) is 0 Å². The van der Waals surface area contributed by atoms with E-state index in [1.807, 2.05) is 6.92 Å². The van der Waals surface area contributed by atoms with Crippen LogP contribution in [0.5, 0.6) is 0 Å². The number of likely N-dealkylation sites (N-methyl/N-ethyl adjacent to an activating group) is 1. The van der Waals surface area contributed by atoms with Crippen LogP contribution in [-0.4, -0.2) is 28.8 Å². The monoisotopic (exact) mass is 312 g/mol. The minimum absolute atomic E-state index is 0.131. The molecule has 0 fully saturated rings. The van der Waals surface area contributed by atoms with E-state index < -0.39 is 5.54 Å². The van der Waals surface area contributed by atoms with Crippen LogP contribution in [0.2, 0.25) is 0 Å². The fourth-order valence-corrected chi connectivity index (χ4v) is 2.82. The van der Waals surface area contributed by atoms with E-state index in [4.69, 9.17) is 5.73 Å². The fourth-order valence-electron chi connectivity index (χ4n) is 2.82. The summed E-state index contributed by atoms with van der Waals surface area (Å²) in [6, 6.07) is 8.09. The minimum Gasteiger partial charge on any atom is -0.369 e. The molecule has 2 N–H and O–H groups in total. The second kappa shape index (κ2) is 5.15. The highest BCUT2D eigenvalue weighted by Gasteiger charge is 2.49. The lowest BCUT2D eigenvalue weighted by atomic mass is 9.82. The Bertz CT molecular complexity index is 833. The second-order valence-electron chi connectivity index (χ2n) is 5.69. The molecule has 0 bridgehead atoms. The number of pyridine rings is 1. The number of carbonyl (C=O) groups is 1. The molecule has 1 unspecified atom stereocenters. The second-order valence-corrected chi connectivity index (χ2v) is 5.69. The molecule has 2 aromatic rings. The minimum atomic E-state index is -1.30. The molecule has 0 aliphatic carbocycles. The van der Waals surface area contributed by atoms with Gasteiger partial charge in [0.05, 0.1) is 0 Å². The van der Waals surface area contributed by atoms with E-state index in [0.29, 0.717) is 16.7 Å². The zero-order chi connectivity index (χ0) is 16.8. The lowest BCUT2D eigenvalue weighted by Gasteiger charge is -2.26. The number of carbonyl (C=O) groups excluding carboxylic acids is 1. The van der Waals surface area contributed by atoms with Crippen molar-refractivity contribution in [3.8, 4) is 0 Å². The molecule has 23 heavy (non-hydrogen) atoms. The molecule has 1 aliphatic heterocycles. The smallest absolute Gasteiger partial charge is 0.266 e. The van der Waals surface area contributed by atoms with Crippen molar-refractivity contribution in [1.29, 1.82) is 0 Å². The molecule has 0 saturated carbocycles. The van der Waals surface area contributed by atoms with Crippen LogP contribution in [0.3, 0.4) is 0 Å². The van der Waals surface area contributed by atoms with Crippen molar-refractivity contribution in [2.24, 2.45) is 10.7 Å². The van der Waals surface area contributed by atoms with Gasteiger partial charge in [0, 0.05) is 18.9 Å². The molecule has 1 atom stereocenters. The van der Waals surface area contributed by atoms with Crippen molar-refractivity contribution < 1.29 is 9.18 Å². The number of nitrogens with zero attached hydrogens (tertiary/aromatic N) is 3. The maximum Gasteiger partial charge on any atom is 0.266 e. The maximum absolute atomic E-state index is 13.7. The Morgan fingerprint density at radius 2 is 1.87 bits per heavy atom. The number of amides is 1. The number of aromatic nitrogens is 1. The summed E-state index contributed by atoms with van der Waals surface area (Å²) in [5.74, 6) is -0.469. The van der Waals surface area contributed by atoms with Gasteiger partial charge < -0.3 is 5.73 Å².